The van der Waals surface area contributed by atoms with Crippen molar-refractivity contribution < 1.29 is 22.0 Å². The minimum absolute atomic E-state index is 0.0340. The first-order valence-electron chi connectivity index (χ1n) is 8.70. The van der Waals surface area contributed by atoms with Gasteiger partial charge >= 0.3 is 6.01 Å². The van der Waals surface area contributed by atoms with E-state index < -0.39 is 15.8 Å². The Bertz CT molecular complexity index is 1270. The highest BCUT2D eigenvalue weighted by Crippen LogP contribution is 2.24. The zero-order chi connectivity index (χ0) is 21.1. The molecule has 0 aliphatic rings. The summed E-state index contributed by atoms with van der Waals surface area (Å²) in [5, 5.41) is 0. The van der Waals surface area contributed by atoms with Crippen molar-refractivity contribution in [3.8, 4) is 23.0 Å². The molecule has 0 spiro atoms. The van der Waals surface area contributed by atoms with E-state index in [9.17, 15) is 12.8 Å². The average molecular weight is 426 g/mol. The summed E-state index contributed by atoms with van der Waals surface area (Å²) in [7, 11) is -3.86. The number of rotatable bonds is 6. The van der Waals surface area contributed by atoms with Gasteiger partial charge in [0.25, 0.3) is 10.0 Å². The Morgan fingerprint density at radius 1 is 1.03 bits per heavy atom. The highest BCUT2D eigenvalue weighted by molar-refractivity contribution is 7.92. The fourth-order valence-electron chi connectivity index (χ4n) is 2.56. The topological polar surface area (TPSA) is 107 Å². The van der Waals surface area contributed by atoms with E-state index in [1.807, 2.05) is 0 Å². The second kappa shape index (κ2) is 7.91. The lowest BCUT2D eigenvalue weighted by Crippen LogP contribution is -2.13. The maximum absolute atomic E-state index is 13.6. The van der Waals surface area contributed by atoms with Crippen LogP contribution in [-0.4, -0.2) is 23.4 Å². The van der Waals surface area contributed by atoms with Gasteiger partial charge in [0.1, 0.15) is 12.0 Å². The number of hydrogen-bond acceptors (Lipinski definition) is 7. The first-order valence-corrected chi connectivity index (χ1v) is 10.2. The molecule has 0 amide bonds. The number of aryl methyl sites for hydroxylation is 1. The van der Waals surface area contributed by atoms with Gasteiger partial charge < -0.3 is 9.15 Å². The van der Waals surface area contributed by atoms with Crippen LogP contribution in [0.3, 0.4) is 0 Å². The number of para-hydroxylation sites is 1. The molecule has 0 atom stereocenters. The number of aromatic nitrogens is 3. The minimum Gasteiger partial charge on any atom is -0.449 e. The molecule has 2 aromatic carbocycles. The monoisotopic (exact) mass is 426 g/mol. The van der Waals surface area contributed by atoms with Gasteiger partial charge in [-0.05, 0) is 24.3 Å². The quantitative estimate of drug-likeness (QED) is 0.493. The third-order valence-electron chi connectivity index (χ3n) is 4.00. The van der Waals surface area contributed by atoms with Crippen molar-refractivity contribution in [2.24, 2.45) is 0 Å². The van der Waals surface area contributed by atoms with Crippen molar-refractivity contribution in [3.63, 3.8) is 0 Å². The molecule has 30 heavy (non-hydrogen) atoms. The van der Waals surface area contributed by atoms with Crippen molar-refractivity contribution in [1.82, 2.24) is 15.0 Å². The number of ether oxygens (including phenoxy) is 1. The lowest BCUT2D eigenvalue weighted by atomic mass is 10.2. The highest BCUT2D eigenvalue weighted by Gasteiger charge is 2.16. The van der Waals surface area contributed by atoms with Crippen LogP contribution < -0.4 is 9.46 Å². The van der Waals surface area contributed by atoms with Gasteiger partial charge in [0.05, 0.1) is 23.0 Å². The second-order valence-electron chi connectivity index (χ2n) is 6.17. The van der Waals surface area contributed by atoms with Gasteiger partial charge in [0.15, 0.2) is 17.5 Å². The average Bonchev–Trinajstić information content (AvgIpc) is 3.17. The molecule has 4 rings (SSSR count). The Morgan fingerprint density at radius 2 is 1.73 bits per heavy atom. The number of nitrogens with one attached hydrogen (secondary N) is 1. The third-order valence-corrected chi connectivity index (χ3v) is 5.39. The molecule has 0 saturated heterocycles. The van der Waals surface area contributed by atoms with E-state index in [4.69, 9.17) is 9.15 Å². The molecule has 0 radical (unpaired) electrons. The largest absolute Gasteiger partial charge is 0.449 e. The Balaban J connectivity index is 1.47. The molecular weight excluding hydrogens is 411 g/mol. The van der Waals surface area contributed by atoms with Gasteiger partial charge in [0, 0.05) is 12.5 Å². The summed E-state index contributed by atoms with van der Waals surface area (Å²) in [5.74, 6) is -0.0749. The molecule has 1 N–H and O–H groups in total. The Labute approximate surface area is 171 Å². The molecule has 2 heterocycles. The molecule has 0 saturated carbocycles. The Morgan fingerprint density at radius 3 is 2.37 bits per heavy atom. The van der Waals surface area contributed by atoms with Gasteiger partial charge in [-0.1, -0.05) is 24.3 Å². The maximum atomic E-state index is 13.6. The summed E-state index contributed by atoms with van der Waals surface area (Å²) in [6.45, 7) is 1.72. The SMILES string of the molecule is Cc1nc(-c2ccc(S(=O)(=O)Nc3cnc(Oc4ccccc4F)nc3)cc2)co1. The number of nitrogens with zero attached hydrogens (tertiary/aromatic N) is 3. The summed E-state index contributed by atoms with van der Waals surface area (Å²) in [5.41, 5.74) is 1.47. The van der Waals surface area contributed by atoms with Gasteiger partial charge in [-0.2, -0.15) is 0 Å². The van der Waals surface area contributed by atoms with Crippen LogP contribution in [0.1, 0.15) is 5.89 Å². The van der Waals surface area contributed by atoms with Crippen molar-refractivity contribution in [2.45, 2.75) is 11.8 Å². The second-order valence-corrected chi connectivity index (χ2v) is 7.85. The van der Waals surface area contributed by atoms with E-state index in [0.717, 1.165) is 5.56 Å². The summed E-state index contributed by atoms with van der Waals surface area (Å²) in [6.07, 6.45) is 3.96. The minimum atomic E-state index is -3.86. The first-order chi connectivity index (χ1) is 14.4. The standard InChI is InChI=1S/C20H15FN4O4S/c1-13-24-18(12-28-13)14-6-8-16(9-7-14)30(26,27)25-15-10-22-20(23-11-15)29-19-5-3-2-4-17(19)21/h2-12,25H,1H3. The van der Waals surface area contributed by atoms with E-state index in [2.05, 4.69) is 19.7 Å². The van der Waals surface area contributed by atoms with Gasteiger partial charge in [0.2, 0.25) is 0 Å². The fraction of sp³-hybridized carbons (Fsp3) is 0.0500. The lowest BCUT2D eigenvalue weighted by molar-refractivity contribution is 0.411. The highest BCUT2D eigenvalue weighted by atomic mass is 32.2. The number of benzene rings is 2. The smallest absolute Gasteiger partial charge is 0.322 e. The zero-order valence-corrected chi connectivity index (χ0v) is 16.4. The van der Waals surface area contributed by atoms with Gasteiger partial charge in [-0.3, -0.25) is 4.72 Å². The van der Waals surface area contributed by atoms with E-state index >= 15 is 0 Å². The number of hydrogen-bond donors (Lipinski definition) is 1. The summed E-state index contributed by atoms with van der Waals surface area (Å²) >= 11 is 0. The molecule has 0 aliphatic heterocycles. The third kappa shape index (κ3) is 4.28. The Hall–Kier alpha value is -3.79. The molecule has 4 aromatic rings. The fourth-order valence-corrected chi connectivity index (χ4v) is 3.59. The summed E-state index contributed by atoms with van der Waals surface area (Å²) in [6, 6.07) is 11.9. The lowest BCUT2D eigenvalue weighted by Gasteiger charge is -2.09. The maximum Gasteiger partial charge on any atom is 0.322 e. The van der Waals surface area contributed by atoms with Crippen LogP contribution in [0.25, 0.3) is 11.3 Å². The van der Waals surface area contributed by atoms with Gasteiger partial charge in [-0.15, -0.1) is 0 Å². The molecule has 0 unspecified atom stereocenters. The van der Waals surface area contributed by atoms with Crippen molar-refractivity contribution in [3.05, 3.63) is 78.9 Å². The van der Waals surface area contributed by atoms with Crippen LogP contribution in [-0.2, 0) is 10.0 Å². The Kier molecular flexibility index (Phi) is 5.15. The van der Waals surface area contributed by atoms with Crippen LogP contribution in [0.4, 0.5) is 10.1 Å². The van der Waals surface area contributed by atoms with E-state index in [1.165, 1.54) is 49.0 Å². The molecule has 0 fully saturated rings. The zero-order valence-electron chi connectivity index (χ0n) is 15.6. The van der Waals surface area contributed by atoms with Crippen LogP contribution in [0, 0.1) is 12.7 Å². The number of anilines is 1. The van der Waals surface area contributed by atoms with Crippen LogP contribution in [0.5, 0.6) is 11.8 Å². The van der Waals surface area contributed by atoms with E-state index in [-0.39, 0.29) is 22.3 Å². The molecule has 152 valence electrons. The molecular formula is C20H15FN4O4S. The predicted octanol–water partition coefficient (Wildman–Crippen LogP) is 4.17. The van der Waals surface area contributed by atoms with Crippen LogP contribution in [0.15, 0.2) is 76.5 Å². The number of oxazole rings is 1. The normalized spacial score (nSPS) is 11.3. The van der Waals surface area contributed by atoms with Crippen LogP contribution >= 0.6 is 0 Å². The molecule has 0 bridgehead atoms. The van der Waals surface area contributed by atoms with Crippen molar-refractivity contribution in [2.75, 3.05) is 4.72 Å². The van der Waals surface area contributed by atoms with Crippen LogP contribution in [0.2, 0.25) is 0 Å². The molecule has 10 heteroatoms. The number of sulfonamides is 1. The van der Waals surface area contributed by atoms with Crippen molar-refractivity contribution in [1.29, 1.82) is 0 Å². The van der Waals surface area contributed by atoms with Gasteiger partial charge in [-0.25, -0.2) is 27.8 Å². The van der Waals surface area contributed by atoms with Crippen molar-refractivity contribution >= 4 is 15.7 Å². The molecule has 8 nitrogen and oxygen atoms in total. The molecule has 2 aromatic heterocycles. The van der Waals surface area contributed by atoms with E-state index in [1.54, 1.807) is 25.1 Å². The number of halogens is 1. The predicted molar refractivity (Wildman–Crippen MR) is 106 cm³/mol. The molecule has 0 aliphatic carbocycles. The first kappa shape index (κ1) is 19.5. The van der Waals surface area contributed by atoms with E-state index in [0.29, 0.717) is 11.6 Å². The summed E-state index contributed by atoms with van der Waals surface area (Å²) in [4.78, 5) is 12.1. The summed E-state index contributed by atoms with van der Waals surface area (Å²) < 4.78 is 51.6.